The molecule has 0 heterocycles. The fraction of sp³-hybridized carbons (Fsp3) is 0.259. The van der Waals surface area contributed by atoms with Crippen molar-refractivity contribution in [2.45, 2.75) is 32.7 Å². The minimum absolute atomic E-state index is 0.152. The molecule has 5 nitrogen and oxygen atoms in total. The van der Waals surface area contributed by atoms with Crippen molar-refractivity contribution >= 4 is 17.5 Å². The number of hydrogen-bond acceptors (Lipinski definition) is 3. The minimum atomic E-state index is -0.270. The number of benzene rings is 3. The molecule has 0 fully saturated rings. The fourth-order valence-corrected chi connectivity index (χ4v) is 3.35. The average molecular weight is 431 g/mol. The summed E-state index contributed by atoms with van der Waals surface area (Å²) in [5.74, 6) is 0.324. The normalized spacial score (nSPS) is 10.4. The number of nitrogens with one attached hydrogen (secondary N) is 1. The van der Waals surface area contributed by atoms with E-state index >= 15 is 0 Å². The lowest BCUT2D eigenvalue weighted by molar-refractivity contribution is 0.0786. The molecule has 0 aromatic heterocycles. The number of rotatable bonds is 10. The van der Waals surface area contributed by atoms with Crippen LogP contribution in [-0.2, 0) is 6.54 Å². The lowest BCUT2D eigenvalue weighted by Gasteiger charge is -2.19. The summed E-state index contributed by atoms with van der Waals surface area (Å²) < 4.78 is 5.70. The fourth-order valence-electron chi connectivity index (χ4n) is 3.35. The highest BCUT2D eigenvalue weighted by Crippen LogP contribution is 2.20. The molecule has 5 heteroatoms. The summed E-state index contributed by atoms with van der Waals surface area (Å²) in [4.78, 5) is 27.5. The highest BCUT2D eigenvalue weighted by atomic mass is 16.5. The van der Waals surface area contributed by atoms with Gasteiger partial charge in [0.15, 0.2) is 0 Å². The molecule has 0 unspecified atom stereocenters. The van der Waals surface area contributed by atoms with Crippen molar-refractivity contribution < 1.29 is 14.3 Å². The molecule has 0 radical (unpaired) electrons. The van der Waals surface area contributed by atoms with E-state index in [1.807, 2.05) is 30.3 Å². The molecule has 2 amide bonds. The Morgan fingerprint density at radius 1 is 0.875 bits per heavy atom. The van der Waals surface area contributed by atoms with E-state index in [2.05, 4.69) is 12.2 Å². The number of anilines is 1. The molecule has 0 aliphatic carbocycles. The van der Waals surface area contributed by atoms with Crippen molar-refractivity contribution in [2.75, 3.05) is 19.0 Å². The second-order valence-corrected chi connectivity index (χ2v) is 7.73. The van der Waals surface area contributed by atoms with Crippen LogP contribution in [0.25, 0.3) is 0 Å². The van der Waals surface area contributed by atoms with Crippen molar-refractivity contribution in [3.63, 3.8) is 0 Å². The smallest absolute Gasteiger partial charge is 0.256 e. The van der Waals surface area contributed by atoms with Gasteiger partial charge in [-0.25, -0.2) is 0 Å². The van der Waals surface area contributed by atoms with Crippen LogP contribution in [-0.4, -0.2) is 30.4 Å². The highest BCUT2D eigenvalue weighted by Gasteiger charge is 2.17. The van der Waals surface area contributed by atoms with Gasteiger partial charge in [-0.05, 0) is 48.4 Å². The van der Waals surface area contributed by atoms with Gasteiger partial charge in [0.25, 0.3) is 11.8 Å². The number of carbonyl (C=O) groups is 2. The van der Waals surface area contributed by atoms with Crippen molar-refractivity contribution in [3.05, 3.63) is 95.6 Å². The Hall–Kier alpha value is -3.60. The molecule has 166 valence electrons. The number of carbonyl (C=O) groups excluding carboxylic acids is 2. The second kappa shape index (κ2) is 11.7. The number of nitrogens with zero attached hydrogens (tertiary/aromatic N) is 1. The van der Waals surface area contributed by atoms with Gasteiger partial charge in [-0.2, -0.15) is 0 Å². The molecule has 0 aliphatic heterocycles. The Balaban J connectivity index is 1.65. The first-order valence-corrected chi connectivity index (χ1v) is 11.0. The largest absolute Gasteiger partial charge is 0.494 e. The summed E-state index contributed by atoms with van der Waals surface area (Å²) in [5, 5.41) is 2.88. The second-order valence-electron chi connectivity index (χ2n) is 7.73. The van der Waals surface area contributed by atoms with Gasteiger partial charge in [-0.1, -0.05) is 62.2 Å². The molecule has 0 atom stereocenters. The van der Waals surface area contributed by atoms with Gasteiger partial charge in [-0.15, -0.1) is 0 Å². The SMILES string of the molecule is CCCCCOc1ccc(C(=O)Nc2ccccc2C(=O)N(C)Cc2ccccc2)cc1. The van der Waals surface area contributed by atoms with Crippen LogP contribution in [0.5, 0.6) is 5.75 Å². The molecule has 3 aromatic rings. The third-order valence-corrected chi connectivity index (χ3v) is 5.15. The topological polar surface area (TPSA) is 58.6 Å². The molecule has 32 heavy (non-hydrogen) atoms. The zero-order chi connectivity index (χ0) is 22.8. The highest BCUT2D eigenvalue weighted by molar-refractivity contribution is 6.09. The summed E-state index contributed by atoms with van der Waals surface area (Å²) in [5.41, 5.74) is 2.49. The van der Waals surface area contributed by atoms with Gasteiger partial charge in [0.05, 0.1) is 17.9 Å². The third-order valence-electron chi connectivity index (χ3n) is 5.15. The zero-order valence-electron chi connectivity index (χ0n) is 18.7. The monoisotopic (exact) mass is 430 g/mol. The Bertz CT molecular complexity index is 1020. The van der Waals surface area contributed by atoms with Crippen molar-refractivity contribution in [2.24, 2.45) is 0 Å². The molecule has 0 spiro atoms. The number of amides is 2. The molecule has 1 N–H and O–H groups in total. The predicted molar refractivity (Wildman–Crippen MR) is 128 cm³/mol. The Morgan fingerprint density at radius 3 is 2.28 bits per heavy atom. The molecule has 0 saturated carbocycles. The van der Waals surface area contributed by atoms with E-state index in [0.717, 1.165) is 30.6 Å². The van der Waals surface area contributed by atoms with Crippen molar-refractivity contribution in [1.29, 1.82) is 0 Å². The van der Waals surface area contributed by atoms with E-state index in [1.54, 1.807) is 60.5 Å². The summed E-state index contributed by atoms with van der Waals surface area (Å²) >= 11 is 0. The summed E-state index contributed by atoms with van der Waals surface area (Å²) in [6.07, 6.45) is 3.30. The Labute approximate surface area is 190 Å². The van der Waals surface area contributed by atoms with Crippen LogP contribution in [0.1, 0.15) is 52.5 Å². The van der Waals surface area contributed by atoms with E-state index in [0.29, 0.717) is 30.0 Å². The maximum Gasteiger partial charge on any atom is 0.256 e. The first kappa shape index (κ1) is 23.1. The molecular formula is C27H30N2O3. The van der Waals surface area contributed by atoms with Crippen LogP contribution < -0.4 is 10.1 Å². The number of ether oxygens (including phenoxy) is 1. The van der Waals surface area contributed by atoms with Crippen LogP contribution in [0.2, 0.25) is 0 Å². The molecule has 3 rings (SSSR count). The van der Waals surface area contributed by atoms with Crippen LogP contribution in [0.4, 0.5) is 5.69 Å². The number of unbranched alkanes of at least 4 members (excludes halogenated alkanes) is 2. The molecule has 0 aliphatic rings. The lowest BCUT2D eigenvalue weighted by Crippen LogP contribution is -2.27. The Morgan fingerprint density at radius 2 is 1.56 bits per heavy atom. The zero-order valence-corrected chi connectivity index (χ0v) is 18.7. The van der Waals surface area contributed by atoms with Gasteiger partial charge in [-0.3, -0.25) is 9.59 Å². The molecule has 0 saturated heterocycles. The van der Waals surface area contributed by atoms with Gasteiger partial charge in [0, 0.05) is 19.2 Å². The standard InChI is InChI=1S/C27H30N2O3/c1-3-4-10-19-32-23-17-15-22(16-18-23)26(30)28-25-14-9-8-13-24(25)27(31)29(2)20-21-11-6-5-7-12-21/h5-9,11-18H,3-4,10,19-20H2,1-2H3,(H,28,30). The summed E-state index contributed by atoms with van der Waals surface area (Å²) in [7, 11) is 1.76. The van der Waals surface area contributed by atoms with Crippen LogP contribution in [0.15, 0.2) is 78.9 Å². The first-order chi connectivity index (χ1) is 15.6. The van der Waals surface area contributed by atoms with Gasteiger partial charge in [0.1, 0.15) is 5.75 Å². The van der Waals surface area contributed by atoms with Crippen LogP contribution in [0, 0.1) is 0 Å². The van der Waals surface area contributed by atoms with E-state index < -0.39 is 0 Å². The summed E-state index contributed by atoms with van der Waals surface area (Å²) in [6.45, 7) is 3.31. The van der Waals surface area contributed by atoms with E-state index in [-0.39, 0.29) is 11.8 Å². The maximum absolute atomic E-state index is 13.0. The number of hydrogen-bond donors (Lipinski definition) is 1. The Kier molecular flexibility index (Phi) is 8.44. The van der Waals surface area contributed by atoms with Crippen LogP contribution in [0.3, 0.4) is 0 Å². The van der Waals surface area contributed by atoms with Crippen molar-refractivity contribution in [3.8, 4) is 5.75 Å². The van der Waals surface area contributed by atoms with E-state index in [9.17, 15) is 9.59 Å². The van der Waals surface area contributed by atoms with Gasteiger partial charge >= 0.3 is 0 Å². The van der Waals surface area contributed by atoms with Crippen molar-refractivity contribution in [1.82, 2.24) is 4.90 Å². The van der Waals surface area contributed by atoms with Gasteiger partial charge < -0.3 is 15.0 Å². The first-order valence-electron chi connectivity index (χ1n) is 11.0. The molecular weight excluding hydrogens is 400 g/mol. The van der Waals surface area contributed by atoms with Crippen LogP contribution >= 0.6 is 0 Å². The summed E-state index contributed by atoms with van der Waals surface area (Å²) in [6, 6.07) is 23.9. The average Bonchev–Trinajstić information content (AvgIpc) is 2.83. The molecule has 3 aromatic carbocycles. The lowest BCUT2D eigenvalue weighted by atomic mass is 10.1. The quantitative estimate of drug-likeness (QED) is 0.415. The maximum atomic E-state index is 13.0. The molecule has 0 bridgehead atoms. The third kappa shape index (κ3) is 6.45. The van der Waals surface area contributed by atoms with Gasteiger partial charge in [0.2, 0.25) is 0 Å². The van der Waals surface area contributed by atoms with E-state index in [1.165, 1.54) is 0 Å². The number of para-hydroxylation sites is 1. The minimum Gasteiger partial charge on any atom is -0.494 e. The van der Waals surface area contributed by atoms with E-state index in [4.69, 9.17) is 4.74 Å². The predicted octanol–water partition coefficient (Wildman–Crippen LogP) is 5.78.